The number of fused-ring (bicyclic) bond motifs is 1. The van der Waals surface area contributed by atoms with E-state index in [2.05, 4.69) is 39.5 Å². The van der Waals surface area contributed by atoms with Gasteiger partial charge in [0.1, 0.15) is 5.01 Å². The first-order chi connectivity index (χ1) is 8.72. The maximum absolute atomic E-state index is 6.14. The Labute approximate surface area is 111 Å². The Bertz CT molecular complexity index is 549. The van der Waals surface area contributed by atoms with Gasteiger partial charge in [-0.2, -0.15) is 0 Å². The summed E-state index contributed by atoms with van der Waals surface area (Å²) in [5.41, 5.74) is 9.91. The van der Waals surface area contributed by atoms with Gasteiger partial charge in [0.05, 0.1) is 6.54 Å². The Morgan fingerprint density at radius 2 is 2.28 bits per heavy atom. The van der Waals surface area contributed by atoms with Gasteiger partial charge in [-0.1, -0.05) is 18.2 Å². The number of anilines is 1. The topological polar surface area (TPSA) is 42.1 Å². The van der Waals surface area contributed by atoms with Crippen LogP contribution in [0.2, 0.25) is 0 Å². The molecular formula is C14H17N3S. The molecule has 1 aromatic heterocycles. The molecule has 18 heavy (non-hydrogen) atoms. The van der Waals surface area contributed by atoms with E-state index in [0.29, 0.717) is 0 Å². The molecule has 2 N–H and O–H groups in total. The van der Waals surface area contributed by atoms with Gasteiger partial charge in [-0.15, -0.1) is 11.3 Å². The lowest BCUT2D eigenvalue weighted by molar-refractivity contribution is 0.598. The van der Waals surface area contributed by atoms with Crippen LogP contribution in [0.1, 0.15) is 16.3 Å². The standard InChI is InChI=1S/C14H17N3S/c1-10-9-18-14(16-10)8-17-7-12(15)6-11-4-2-3-5-13(11)17/h2-5,9,12H,6-8,15H2,1H3. The highest BCUT2D eigenvalue weighted by Crippen LogP contribution is 2.28. The third-order valence-electron chi connectivity index (χ3n) is 3.26. The lowest BCUT2D eigenvalue weighted by Gasteiger charge is -2.34. The number of hydrogen-bond donors (Lipinski definition) is 1. The summed E-state index contributed by atoms with van der Waals surface area (Å²) in [7, 11) is 0. The van der Waals surface area contributed by atoms with Crippen molar-refractivity contribution in [2.75, 3.05) is 11.4 Å². The molecule has 3 rings (SSSR count). The van der Waals surface area contributed by atoms with Crippen LogP contribution in [0.4, 0.5) is 5.69 Å². The average molecular weight is 259 g/mol. The minimum absolute atomic E-state index is 0.223. The predicted molar refractivity (Wildman–Crippen MR) is 76.0 cm³/mol. The lowest BCUT2D eigenvalue weighted by atomic mass is 9.98. The summed E-state index contributed by atoms with van der Waals surface area (Å²) >= 11 is 1.73. The fourth-order valence-electron chi connectivity index (χ4n) is 2.51. The van der Waals surface area contributed by atoms with Crippen LogP contribution in [-0.2, 0) is 13.0 Å². The highest BCUT2D eigenvalue weighted by Gasteiger charge is 2.22. The Morgan fingerprint density at radius 3 is 3.06 bits per heavy atom. The van der Waals surface area contributed by atoms with Crippen LogP contribution in [0.3, 0.4) is 0 Å². The van der Waals surface area contributed by atoms with Crippen molar-refractivity contribution < 1.29 is 0 Å². The quantitative estimate of drug-likeness (QED) is 0.900. The fraction of sp³-hybridized carbons (Fsp3) is 0.357. The number of nitrogens with two attached hydrogens (primary N) is 1. The molecule has 0 fully saturated rings. The Kier molecular flexibility index (Phi) is 3.06. The van der Waals surface area contributed by atoms with Gasteiger partial charge in [-0.3, -0.25) is 0 Å². The average Bonchev–Trinajstić information content (AvgIpc) is 2.74. The van der Waals surface area contributed by atoms with Gasteiger partial charge in [0, 0.05) is 29.3 Å². The maximum Gasteiger partial charge on any atom is 0.112 e. The highest BCUT2D eigenvalue weighted by atomic mass is 32.1. The van der Waals surface area contributed by atoms with Crippen LogP contribution in [-0.4, -0.2) is 17.6 Å². The molecule has 1 aliphatic heterocycles. The van der Waals surface area contributed by atoms with Crippen molar-refractivity contribution in [3.63, 3.8) is 0 Å². The Hall–Kier alpha value is -1.39. The molecule has 2 aromatic rings. The molecule has 1 unspecified atom stereocenters. The molecule has 0 saturated carbocycles. The largest absolute Gasteiger partial charge is 0.363 e. The van der Waals surface area contributed by atoms with E-state index in [1.54, 1.807) is 11.3 Å². The van der Waals surface area contributed by atoms with E-state index in [4.69, 9.17) is 5.73 Å². The summed E-state index contributed by atoms with van der Waals surface area (Å²) in [6.45, 7) is 3.81. The van der Waals surface area contributed by atoms with Gasteiger partial charge in [-0.25, -0.2) is 4.98 Å². The first kappa shape index (κ1) is 11.7. The van der Waals surface area contributed by atoms with Crippen LogP contribution in [0.5, 0.6) is 0 Å². The number of aryl methyl sites for hydroxylation is 1. The van der Waals surface area contributed by atoms with Crippen LogP contribution >= 0.6 is 11.3 Å². The van der Waals surface area contributed by atoms with Crippen LogP contribution < -0.4 is 10.6 Å². The molecule has 0 amide bonds. The summed E-state index contributed by atoms with van der Waals surface area (Å²) in [6.07, 6.45) is 0.976. The molecule has 2 heterocycles. The van der Waals surface area contributed by atoms with E-state index < -0.39 is 0 Å². The van der Waals surface area contributed by atoms with Crippen molar-refractivity contribution in [1.82, 2.24) is 4.98 Å². The van der Waals surface area contributed by atoms with Gasteiger partial charge < -0.3 is 10.6 Å². The first-order valence-corrected chi connectivity index (χ1v) is 7.10. The van der Waals surface area contributed by atoms with Crippen LogP contribution in [0.25, 0.3) is 0 Å². The number of nitrogens with zero attached hydrogens (tertiary/aromatic N) is 2. The van der Waals surface area contributed by atoms with Crippen LogP contribution in [0.15, 0.2) is 29.6 Å². The molecule has 3 nitrogen and oxygen atoms in total. The zero-order chi connectivity index (χ0) is 12.5. The maximum atomic E-state index is 6.14. The third-order valence-corrected chi connectivity index (χ3v) is 4.21. The molecule has 94 valence electrons. The highest BCUT2D eigenvalue weighted by molar-refractivity contribution is 7.09. The molecule has 0 saturated heterocycles. The number of hydrogen-bond acceptors (Lipinski definition) is 4. The zero-order valence-electron chi connectivity index (χ0n) is 10.5. The monoisotopic (exact) mass is 259 g/mol. The second kappa shape index (κ2) is 4.71. The summed E-state index contributed by atoms with van der Waals surface area (Å²) in [5, 5.41) is 3.27. The molecule has 4 heteroatoms. The van der Waals surface area contributed by atoms with E-state index in [-0.39, 0.29) is 6.04 Å². The van der Waals surface area contributed by atoms with Gasteiger partial charge in [0.15, 0.2) is 0 Å². The number of benzene rings is 1. The van der Waals surface area contributed by atoms with Gasteiger partial charge >= 0.3 is 0 Å². The number of aromatic nitrogens is 1. The summed E-state index contributed by atoms with van der Waals surface area (Å²) < 4.78 is 0. The molecule has 1 atom stereocenters. The second-order valence-corrected chi connectivity index (χ2v) is 5.80. The van der Waals surface area contributed by atoms with Crippen molar-refractivity contribution in [2.45, 2.75) is 25.9 Å². The van der Waals surface area contributed by atoms with Crippen molar-refractivity contribution in [1.29, 1.82) is 0 Å². The van der Waals surface area contributed by atoms with E-state index in [0.717, 1.165) is 30.2 Å². The van der Waals surface area contributed by atoms with E-state index >= 15 is 0 Å². The molecule has 1 aromatic carbocycles. The second-order valence-electron chi connectivity index (χ2n) is 4.86. The Balaban J connectivity index is 1.88. The number of rotatable bonds is 2. The van der Waals surface area contributed by atoms with Crippen molar-refractivity contribution >= 4 is 17.0 Å². The fourth-order valence-corrected chi connectivity index (χ4v) is 3.30. The minimum Gasteiger partial charge on any atom is -0.363 e. The van der Waals surface area contributed by atoms with Crippen LogP contribution in [0, 0.1) is 6.92 Å². The predicted octanol–water partition coefficient (Wildman–Crippen LogP) is 2.34. The third kappa shape index (κ3) is 2.26. The molecule has 1 aliphatic rings. The van der Waals surface area contributed by atoms with Crippen molar-refractivity contribution in [3.8, 4) is 0 Å². The van der Waals surface area contributed by atoms with Crippen molar-refractivity contribution in [3.05, 3.63) is 45.9 Å². The minimum atomic E-state index is 0.223. The van der Waals surface area contributed by atoms with E-state index in [9.17, 15) is 0 Å². The molecule has 0 radical (unpaired) electrons. The summed E-state index contributed by atoms with van der Waals surface area (Å²) in [5.74, 6) is 0. The number of para-hydroxylation sites is 1. The molecule has 0 aliphatic carbocycles. The number of thiazole rings is 1. The van der Waals surface area contributed by atoms with Gasteiger partial charge in [-0.05, 0) is 25.0 Å². The normalized spacial score (nSPS) is 18.8. The SMILES string of the molecule is Cc1csc(CN2CC(N)Cc3ccccc32)n1. The van der Waals surface area contributed by atoms with Crippen molar-refractivity contribution in [2.24, 2.45) is 5.73 Å². The smallest absolute Gasteiger partial charge is 0.112 e. The van der Waals surface area contributed by atoms with Gasteiger partial charge in [0.25, 0.3) is 0 Å². The van der Waals surface area contributed by atoms with E-state index in [1.165, 1.54) is 11.3 Å². The first-order valence-electron chi connectivity index (χ1n) is 6.22. The Morgan fingerprint density at radius 1 is 1.44 bits per heavy atom. The lowest BCUT2D eigenvalue weighted by Crippen LogP contribution is -2.42. The van der Waals surface area contributed by atoms with Gasteiger partial charge in [0.2, 0.25) is 0 Å². The zero-order valence-corrected chi connectivity index (χ0v) is 11.3. The summed E-state index contributed by atoms with van der Waals surface area (Å²) in [4.78, 5) is 6.89. The summed E-state index contributed by atoms with van der Waals surface area (Å²) in [6, 6.07) is 8.76. The molecular weight excluding hydrogens is 242 g/mol. The molecule has 0 spiro atoms. The van der Waals surface area contributed by atoms with E-state index in [1.807, 2.05) is 6.92 Å². The molecule has 0 bridgehead atoms.